The maximum Gasteiger partial charge on any atom is 0.127 e. The second-order valence-electron chi connectivity index (χ2n) is 5.23. The number of nitrogens with two attached hydrogens (primary N) is 1. The van der Waals surface area contributed by atoms with Crippen LogP contribution in [-0.2, 0) is 6.42 Å². The molecule has 116 valence electrons. The second-order valence-corrected chi connectivity index (χ2v) is 5.23. The third kappa shape index (κ3) is 4.51. The first-order chi connectivity index (χ1) is 11.3. The summed E-state index contributed by atoms with van der Waals surface area (Å²) in [5.74, 6) is 2.47. The van der Waals surface area contributed by atoms with Crippen LogP contribution in [0.25, 0.3) is 0 Å². The molecule has 2 N–H and O–H groups in total. The largest absolute Gasteiger partial charge is 0.493 e. The Balaban J connectivity index is 1.51. The molecule has 23 heavy (non-hydrogen) atoms. The molecule has 0 saturated heterocycles. The summed E-state index contributed by atoms with van der Waals surface area (Å²) in [4.78, 5) is 0. The van der Waals surface area contributed by atoms with Gasteiger partial charge in [0.05, 0.1) is 6.61 Å². The van der Waals surface area contributed by atoms with Crippen molar-refractivity contribution >= 4 is 5.69 Å². The summed E-state index contributed by atoms with van der Waals surface area (Å²) in [6.07, 6.45) is 0.834. The van der Waals surface area contributed by atoms with Gasteiger partial charge in [0.25, 0.3) is 0 Å². The summed E-state index contributed by atoms with van der Waals surface area (Å²) >= 11 is 0. The predicted molar refractivity (Wildman–Crippen MR) is 93.0 cm³/mol. The Kier molecular flexibility index (Phi) is 4.79. The zero-order valence-corrected chi connectivity index (χ0v) is 12.8. The van der Waals surface area contributed by atoms with Gasteiger partial charge in [0.1, 0.15) is 17.2 Å². The van der Waals surface area contributed by atoms with Gasteiger partial charge in [-0.2, -0.15) is 0 Å². The SMILES string of the molecule is Nc1cccc(OCCc2ccc(Oc3ccccc3)cc2)c1. The van der Waals surface area contributed by atoms with Gasteiger partial charge < -0.3 is 15.2 Å². The summed E-state index contributed by atoms with van der Waals surface area (Å²) in [5, 5.41) is 0. The van der Waals surface area contributed by atoms with Crippen LogP contribution in [0.4, 0.5) is 5.69 Å². The van der Waals surface area contributed by atoms with E-state index in [9.17, 15) is 0 Å². The Labute approximate surface area is 136 Å². The lowest BCUT2D eigenvalue weighted by Gasteiger charge is -2.08. The van der Waals surface area contributed by atoms with Crippen LogP contribution in [0.15, 0.2) is 78.9 Å². The van der Waals surface area contributed by atoms with E-state index in [2.05, 4.69) is 12.1 Å². The molecule has 3 nitrogen and oxygen atoms in total. The van der Waals surface area contributed by atoms with Gasteiger partial charge in [0.2, 0.25) is 0 Å². The first kappa shape index (κ1) is 15.0. The number of anilines is 1. The van der Waals surface area contributed by atoms with E-state index in [0.717, 1.165) is 23.7 Å². The topological polar surface area (TPSA) is 44.5 Å². The van der Waals surface area contributed by atoms with Crippen molar-refractivity contribution in [3.8, 4) is 17.2 Å². The van der Waals surface area contributed by atoms with E-state index in [1.54, 1.807) is 0 Å². The lowest BCUT2D eigenvalue weighted by molar-refractivity contribution is 0.322. The lowest BCUT2D eigenvalue weighted by atomic mass is 10.1. The highest BCUT2D eigenvalue weighted by molar-refractivity contribution is 5.43. The molecule has 0 saturated carbocycles. The van der Waals surface area contributed by atoms with Crippen molar-refractivity contribution in [2.24, 2.45) is 0 Å². The van der Waals surface area contributed by atoms with Gasteiger partial charge in [0.15, 0.2) is 0 Å². The molecule has 0 aliphatic heterocycles. The van der Waals surface area contributed by atoms with E-state index < -0.39 is 0 Å². The fourth-order valence-electron chi connectivity index (χ4n) is 2.24. The minimum atomic E-state index is 0.613. The normalized spacial score (nSPS) is 10.3. The minimum Gasteiger partial charge on any atom is -0.493 e. The van der Waals surface area contributed by atoms with E-state index in [1.807, 2.05) is 66.7 Å². The zero-order valence-electron chi connectivity index (χ0n) is 12.8. The van der Waals surface area contributed by atoms with Crippen molar-refractivity contribution in [1.82, 2.24) is 0 Å². The van der Waals surface area contributed by atoms with E-state index in [-0.39, 0.29) is 0 Å². The van der Waals surface area contributed by atoms with Crippen molar-refractivity contribution in [2.45, 2.75) is 6.42 Å². The number of benzene rings is 3. The minimum absolute atomic E-state index is 0.613. The Morgan fingerprint density at radius 2 is 1.39 bits per heavy atom. The summed E-state index contributed by atoms with van der Waals surface area (Å²) < 4.78 is 11.5. The van der Waals surface area contributed by atoms with E-state index in [0.29, 0.717) is 12.3 Å². The van der Waals surface area contributed by atoms with Crippen LogP contribution < -0.4 is 15.2 Å². The standard InChI is InChI=1S/C20H19NO2/c21-17-5-4-8-20(15-17)22-14-13-16-9-11-19(12-10-16)23-18-6-2-1-3-7-18/h1-12,15H,13-14,21H2. The molecule has 0 aliphatic carbocycles. The molecule has 3 aromatic rings. The third-order valence-electron chi connectivity index (χ3n) is 3.42. The lowest BCUT2D eigenvalue weighted by Crippen LogP contribution is -2.01. The Bertz CT molecular complexity index is 739. The first-order valence-corrected chi connectivity index (χ1v) is 7.60. The quantitative estimate of drug-likeness (QED) is 0.672. The molecule has 3 heteroatoms. The van der Waals surface area contributed by atoms with Gasteiger partial charge >= 0.3 is 0 Å². The van der Waals surface area contributed by atoms with Crippen molar-refractivity contribution in [3.05, 3.63) is 84.4 Å². The highest BCUT2D eigenvalue weighted by Crippen LogP contribution is 2.21. The van der Waals surface area contributed by atoms with Gasteiger partial charge in [0, 0.05) is 18.2 Å². The molecule has 0 unspecified atom stereocenters. The van der Waals surface area contributed by atoms with Crippen LogP contribution >= 0.6 is 0 Å². The molecule has 0 amide bonds. The molecule has 0 aliphatic rings. The smallest absolute Gasteiger partial charge is 0.127 e. The predicted octanol–water partition coefficient (Wildman–Crippen LogP) is 4.68. The van der Waals surface area contributed by atoms with Crippen molar-refractivity contribution in [2.75, 3.05) is 12.3 Å². The number of para-hydroxylation sites is 1. The van der Waals surface area contributed by atoms with Crippen LogP contribution in [-0.4, -0.2) is 6.61 Å². The molecule has 0 radical (unpaired) electrons. The summed E-state index contributed by atoms with van der Waals surface area (Å²) in [5.41, 5.74) is 7.64. The zero-order chi connectivity index (χ0) is 15.9. The van der Waals surface area contributed by atoms with Crippen molar-refractivity contribution in [1.29, 1.82) is 0 Å². The molecule has 0 spiro atoms. The third-order valence-corrected chi connectivity index (χ3v) is 3.42. The summed E-state index contributed by atoms with van der Waals surface area (Å²) in [7, 11) is 0. The van der Waals surface area contributed by atoms with Crippen LogP contribution in [0, 0.1) is 0 Å². The van der Waals surface area contributed by atoms with Crippen LogP contribution in [0.2, 0.25) is 0 Å². The van der Waals surface area contributed by atoms with E-state index in [4.69, 9.17) is 15.2 Å². The van der Waals surface area contributed by atoms with Gasteiger partial charge in [-0.3, -0.25) is 0 Å². The van der Waals surface area contributed by atoms with Gasteiger partial charge in [-0.25, -0.2) is 0 Å². The van der Waals surface area contributed by atoms with Gasteiger partial charge in [-0.15, -0.1) is 0 Å². The molecule has 3 aromatic carbocycles. The fraction of sp³-hybridized carbons (Fsp3) is 0.100. The van der Waals surface area contributed by atoms with Crippen LogP contribution in [0.3, 0.4) is 0 Å². The Morgan fingerprint density at radius 3 is 2.13 bits per heavy atom. The van der Waals surface area contributed by atoms with Crippen LogP contribution in [0.1, 0.15) is 5.56 Å². The van der Waals surface area contributed by atoms with Crippen LogP contribution in [0.5, 0.6) is 17.2 Å². The highest BCUT2D eigenvalue weighted by atomic mass is 16.5. The molecule has 3 rings (SSSR count). The maximum absolute atomic E-state index is 5.78. The highest BCUT2D eigenvalue weighted by Gasteiger charge is 1.99. The number of ether oxygens (including phenoxy) is 2. The average Bonchev–Trinajstić information content (AvgIpc) is 2.58. The Hall–Kier alpha value is -2.94. The molecule has 0 fully saturated rings. The van der Waals surface area contributed by atoms with Crippen molar-refractivity contribution < 1.29 is 9.47 Å². The number of hydrogen-bond donors (Lipinski definition) is 1. The molecular formula is C20H19NO2. The monoisotopic (exact) mass is 305 g/mol. The molecule has 0 bridgehead atoms. The number of rotatable bonds is 6. The molecule has 0 heterocycles. The Morgan fingerprint density at radius 1 is 0.696 bits per heavy atom. The molecule has 0 atom stereocenters. The van der Waals surface area contributed by atoms with Gasteiger partial charge in [-0.1, -0.05) is 36.4 Å². The van der Waals surface area contributed by atoms with E-state index in [1.165, 1.54) is 5.56 Å². The number of hydrogen-bond acceptors (Lipinski definition) is 3. The maximum atomic E-state index is 5.78. The van der Waals surface area contributed by atoms with E-state index >= 15 is 0 Å². The fourth-order valence-corrected chi connectivity index (χ4v) is 2.24. The molecule has 0 aromatic heterocycles. The second kappa shape index (κ2) is 7.36. The summed E-state index contributed by atoms with van der Waals surface area (Å²) in [6.45, 7) is 0.613. The first-order valence-electron chi connectivity index (χ1n) is 7.60. The summed E-state index contributed by atoms with van der Waals surface area (Å²) in [6, 6.07) is 25.3. The number of nitrogen functional groups attached to an aromatic ring is 1. The molecular weight excluding hydrogens is 286 g/mol. The van der Waals surface area contributed by atoms with Gasteiger partial charge in [-0.05, 0) is 42.0 Å². The van der Waals surface area contributed by atoms with Crippen molar-refractivity contribution in [3.63, 3.8) is 0 Å². The average molecular weight is 305 g/mol.